The molecule has 0 saturated carbocycles. The highest BCUT2D eigenvalue weighted by atomic mass is 79.9. The predicted molar refractivity (Wildman–Crippen MR) is 122 cm³/mol. The molecule has 4 nitrogen and oxygen atoms in total. The molecule has 0 spiro atoms. The van der Waals surface area contributed by atoms with Crippen LogP contribution in [0.1, 0.15) is 46.9 Å². The van der Waals surface area contributed by atoms with Gasteiger partial charge >= 0.3 is 0 Å². The maximum Gasteiger partial charge on any atom is 0.289 e. The number of furan rings is 1. The van der Waals surface area contributed by atoms with E-state index < -0.39 is 0 Å². The third kappa shape index (κ3) is 4.85. The van der Waals surface area contributed by atoms with Gasteiger partial charge in [0.2, 0.25) is 0 Å². The number of amides is 1. The Labute approximate surface area is 186 Å². The first kappa shape index (κ1) is 20.9. The summed E-state index contributed by atoms with van der Waals surface area (Å²) in [5.74, 6) is 1.22. The number of hydrogen-bond acceptors (Lipinski definition) is 3. The molecule has 1 aliphatic rings. The second-order valence-electron chi connectivity index (χ2n) is 8.14. The van der Waals surface area contributed by atoms with Gasteiger partial charge in [0.1, 0.15) is 5.76 Å². The molecule has 0 aliphatic carbocycles. The van der Waals surface area contributed by atoms with Crippen LogP contribution >= 0.6 is 15.9 Å². The van der Waals surface area contributed by atoms with Crippen molar-refractivity contribution in [2.24, 2.45) is 0 Å². The molecule has 5 heteroatoms. The number of halogens is 1. The SMILES string of the molecule is CC(C)N(Cc1ccc(Br)cc1)Cc1ccc(C(=O)N2CCc3ccccc3C2)o1. The molecule has 0 N–H and O–H groups in total. The molecule has 3 aromatic rings. The quantitative estimate of drug-likeness (QED) is 0.470. The summed E-state index contributed by atoms with van der Waals surface area (Å²) >= 11 is 3.49. The Morgan fingerprint density at radius 2 is 1.77 bits per heavy atom. The number of rotatable bonds is 6. The fourth-order valence-corrected chi connectivity index (χ4v) is 4.11. The minimum absolute atomic E-state index is 0.0280. The van der Waals surface area contributed by atoms with E-state index in [2.05, 4.69) is 77.1 Å². The molecule has 0 bridgehead atoms. The molecule has 156 valence electrons. The summed E-state index contributed by atoms with van der Waals surface area (Å²) in [5.41, 5.74) is 3.81. The summed E-state index contributed by atoms with van der Waals surface area (Å²) in [6.45, 7) is 7.24. The molecule has 0 radical (unpaired) electrons. The van der Waals surface area contributed by atoms with Crippen LogP contribution in [-0.4, -0.2) is 28.3 Å². The van der Waals surface area contributed by atoms with E-state index in [4.69, 9.17) is 4.42 Å². The number of nitrogens with zero attached hydrogens (tertiary/aromatic N) is 2. The number of carbonyl (C=O) groups excluding carboxylic acids is 1. The van der Waals surface area contributed by atoms with Gasteiger partial charge in [-0.25, -0.2) is 0 Å². The molecule has 0 fully saturated rings. The van der Waals surface area contributed by atoms with Crippen LogP contribution in [0.4, 0.5) is 0 Å². The first-order chi connectivity index (χ1) is 14.5. The van der Waals surface area contributed by atoms with Gasteiger partial charge in [-0.3, -0.25) is 9.69 Å². The van der Waals surface area contributed by atoms with E-state index in [1.807, 2.05) is 23.1 Å². The van der Waals surface area contributed by atoms with Crippen LogP contribution in [0.2, 0.25) is 0 Å². The van der Waals surface area contributed by atoms with Crippen molar-refractivity contribution in [3.8, 4) is 0 Å². The number of hydrogen-bond donors (Lipinski definition) is 0. The Kier molecular flexibility index (Phi) is 6.40. The second kappa shape index (κ2) is 9.19. The van der Waals surface area contributed by atoms with Gasteiger partial charge in [-0.15, -0.1) is 0 Å². The zero-order valence-corrected chi connectivity index (χ0v) is 19.1. The molecule has 2 heterocycles. The van der Waals surface area contributed by atoms with Crippen LogP contribution in [0.5, 0.6) is 0 Å². The zero-order valence-electron chi connectivity index (χ0n) is 17.5. The van der Waals surface area contributed by atoms with Crippen molar-refractivity contribution >= 4 is 21.8 Å². The Bertz CT molecular complexity index is 1010. The number of fused-ring (bicyclic) bond motifs is 1. The van der Waals surface area contributed by atoms with Crippen LogP contribution in [0.25, 0.3) is 0 Å². The lowest BCUT2D eigenvalue weighted by Crippen LogP contribution is -2.35. The molecule has 4 rings (SSSR count). The summed E-state index contributed by atoms with van der Waals surface area (Å²) in [6, 6.07) is 20.8. The summed E-state index contributed by atoms with van der Waals surface area (Å²) in [5, 5.41) is 0. The Balaban J connectivity index is 1.42. The topological polar surface area (TPSA) is 36.7 Å². The average molecular weight is 467 g/mol. The minimum Gasteiger partial charge on any atom is -0.455 e. The van der Waals surface area contributed by atoms with Crippen LogP contribution in [0.15, 0.2) is 69.6 Å². The van der Waals surface area contributed by atoms with Crippen molar-refractivity contribution in [3.05, 3.63) is 93.3 Å². The molecule has 30 heavy (non-hydrogen) atoms. The van der Waals surface area contributed by atoms with Gasteiger partial charge < -0.3 is 9.32 Å². The van der Waals surface area contributed by atoms with Gasteiger partial charge in [0.15, 0.2) is 5.76 Å². The highest BCUT2D eigenvalue weighted by molar-refractivity contribution is 9.10. The largest absolute Gasteiger partial charge is 0.455 e. The van der Waals surface area contributed by atoms with Crippen molar-refractivity contribution < 1.29 is 9.21 Å². The average Bonchev–Trinajstić information content (AvgIpc) is 3.22. The molecule has 2 aromatic carbocycles. The van der Waals surface area contributed by atoms with E-state index in [1.165, 1.54) is 16.7 Å². The van der Waals surface area contributed by atoms with E-state index in [9.17, 15) is 4.79 Å². The molecule has 1 amide bonds. The summed E-state index contributed by atoms with van der Waals surface area (Å²) in [6.07, 6.45) is 0.893. The van der Waals surface area contributed by atoms with Crippen molar-refractivity contribution in [1.29, 1.82) is 0 Å². The fourth-order valence-electron chi connectivity index (χ4n) is 3.85. The third-order valence-electron chi connectivity index (χ3n) is 5.68. The molecule has 1 aromatic heterocycles. The van der Waals surface area contributed by atoms with E-state index in [0.29, 0.717) is 24.9 Å². The Morgan fingerprint density at radius 1 is 1.03 bits per heavy atom. The van der Waals surface area contributed by atoms with Crippen LogP contribution in [0, 0.1) is 0 Å². The van der Waals surface area contributed by atoms with Crippen LogP contribution in [-0.2, 0) is 26.1 Å². The summed E-state index contributed by atoms with van der Waals surface area (Å²) in [7, 11) is 0. The molecular weight excluding hydrogens is 440 g/mol. The molecular formula is C25H27BrN2O2. The Hall–Kier alpha value is -2.37. The highest BCUT2D eigenvalue weighted by Crippen LogP contribution is 2.22. The first-order valence-corrected chi connectivity index (χ1v) is 11.2. The highest BCUT2D eigenvalue weighted by Gasteiger charge is 2.24. The fraction of sp³-hybridized carbons (Fsp3) is 0.320. The van der Waals surface area contributed by atoms with E-state index in [1.54, 1.807) is 0 Å². The van der Waals surface area contributed by atoms with Crippen molar-refractivity contribution in [3.63, 3.8) is 0 Å². The standard InChI is InChI=1S/C25H27BrN2O2/c1-18(2)28(15-19-7-9-22(26)10-8-19)17-23-11-12-24(30-23)25(29)27-14-13-20-5-3-4-6-21(20)16-27/h3-12,18H,13-17H2,1-2H3. The van der Waals surface area contributed by atoms with Crippen molar-refractivity contribution in [1.82, 2.24) is 9.80 Å². The predicted octanol–water partition coefficient (Wildman–Crippen LogP) is 5.65. The lowest BCUT2D eigenvalue weighted by Gasteiger charge is -2.28. The van der Waals surface area contributed by atoms with Gasteiger partial charge in [-0.1, -0.05) is 52.3 Å². The molecule has 1 aliphatic heterocycles. The second-order valence-corrected chi connectivity index (χ2v) is 9.05. The number of benzene rings is 2. The van der Waals surface area contributed by atoms with Crippen LogP contribution < -0.4 is 0 Å². The number of carbonyl (C=O) groups is 1. The normalized spacial score (nSPS) is 13.7. The summed E-state index contributed by atoms with van der Waals surface area (Å²) < 4.78 is 7.06. The van der Waals surface area contributed by atoms with Gasteiger partial charge in [-0.2, -0.15) is 0 Å². The van der Waals surface area contributed by atoms with Gasteiger partial charge in [0.05, 0.1) is 6.54 Å². The summed E-state index contributed by atoms with van der Waals surface area (Å²) in [4.78, 5) is 17.2. The van der Waals surface area contributed by atoms with Gasteiger partial charge in [-0.05, 0) is 61.2 Å². The van der Waals surface area contributed by atoms with Crippen molar-refractivity contribution in [2.45, 2.75) is 45.9 Å². The molecule has 0 unspecified atom stereocenters. The van der Waals surface area contributed by atoms with Gasteiger partial charge in [0, 0.05) is 30.1 Å². The monoisotopic (exact) mass is 466 g/mol. The maximum atomic E-state index is 13.0. The van der Waals surface area contributed by atoms with Crippen molar-refractivity contribution in [2.75, 3.05) is 6.54 Å². The molecule has 0 atom stereocenters. The first-order valence-electron chi connectivity index (χ1n) is 10.4. The van der Waals surface area contributed by atoms with E-state index >= 15 is 0 Å². The third-order valence-corrected chi connectivity index (χ3v) is 6.21. The van der Waals surface area contributed by atoms with Crippen LogP contribution in [0.3, 0.4) is 0 Å². The Morgan fingerprint density at radius 3 is 2.50 bits per heavy atom. The molecule has 0 saturated heterocycles. The lowest BCUT2D eigenvalue weighted by molar-refractivity contribution is 0.0697. The zero-order chi connectivity index (χ0) is 21.1. The van der Waals surface area contributed by atoms with E-state index in [0.717, 1.165) is 29.7 Å². The maximum absolute atomic E-state index is 13.0. The van der Waals surface area contributed by atoms with E-state index in [-0.39, 0.29) is 5.91 Å². The van der Waals surface area contributed by atoms with Gasteiger partial charge in [0.25, 0.3) is 5.91 Å². The minimum atomic E-state index is -0.0280. The lowest BCUT2D eigenvalue weighted by atomic mass is 10.00. The smallest absolute Gasteiger partial charge is 0.289 e.